The maximum atomic E-state index is 10.9. The Morgan fingerprint density at radius 2 is 1.24 bits per heavy atom. The molecular formula is C21H28O8. The molecule has 0 aromatic heterocycles. The molecule has 0 amide bonds. The molecule has 0 aliphatic carbocycles. The summed E-state index contributed by atoms with van der Waals surface area (Å²) in [6, 6.07) is 7.25. The number of ether oxygens (including phenoxy) is 6. The Hall–Kier alpha value is -2.84. The minimum Gasteiger partial charge on any atom is -0.491 e. The standard InChI is InChI=1S/C21H28O8/c1-3-20(22)28-10-6-9-24-11-14-26-18-7-5-8-19(17-18)27-15-12-25-13-16-29-21(23)4-2/h3-5,7-8,17H,1-2,6,9-16H2. The van der Waals surface area contributed by atoms with Crippen LogP contribution in [0.15, 0.2) is 49.6 Å². The van der Waals surface area contributed by atoms with E-state index in [1.54, 1.807) is 6.07 Å². The van der Waals surface area contributed by atoms with Gasteiger partial charge in [-0.1, -0.05) is 19.2 Å². The van der Waals surface area contributed by atoms with Gasteiger partial charge in [-0.15, -0.1) is 0 Å². The van der Waals surface area contributed by atoms with Crippen LogP contribution in [-0.4, -0.2) is 64.8 Å². The second-order valence-corrected chi connectivity index (χ2v) is 5.49. The Labute approximate surface area is 171 Å². The number of carbonyl (C=O) groups excluding carboxylic acids is 2. The monoisotopic (exact) mass is 408 g/mol. The molecule has 0 bridgehead atoms. The minimum absolute atomic E-state index is 0.177. The Morgan fingerprint density at radius 1 is 0.724 bits per heavy atom. The lowest BCUT2D eigenvalue weighted by Gasteiger charge is -2.10. The molecule has 0 aliphatic rings. The SMILES string of the molecule is C=CC(=O)OCCCOCCOc1cccc(OCCOCCOC(=O)C=C)c1. The van der Waals surface area contributed by atoms with Gasteiger partial charge in [0.25, 0.3) is 0 Å². The van der Waals surface area contributed by atoms with Crippen LogP contribution in [0, 0.1) is 0 Å². The molecule has 0 fully saturated rings. The predicted molar refractivity (Wildman–Crippen MR) is 106 cm³/mol. The second kappa shape index (κ2) is 16.1. The van der Waals surface area contributed by atoms with Gasteiger partial charge in [0.1, 0.15) is 31.3 Å². The van der Waals surface area contributed by atoms with Crippen molar-refractivity contribution in [3.63, 3.8) is 0 Å². The van der Waals surface area contributed by atoms with E-state index >= 15 is 0 Å². The van der Waals surface area contributed by atoms with Gasteiger partial charge in [0.15, 0.2) is 0 Å². The lowest BCUT2D eigenvalue weighted by atomic mass is 10.3. The molecule has 0 saturated carbocycles. The van der Waals surface area contributed by atoms with E-state index in [1.165, 1.54) is 0 Å². The summed E-state index contributed by atoms with van der Waals surface area (Å²) in [4.78, 5) is 21.7. The average molecular weight is 408 g/mol. The highest BCUT2D eigenvalue weighted by Crippen LogP contribution is 2.19. The molecule has 0 atom stereocenters. The van der Waals surface area contributed by atoms with Crippen LogP contribution in [0.5, 0.6) is 11.5 Å². The van der Waals surface area contributed by atoms with Crippen LogP contribution in [-0.2, 0) is 28.5 Å². The molecule has 29 heavy (non-hydrogen) atoms. The first-order valence-corrected chi connectivity index (χ1v) is 9.25. The summed E-state index contributed by atoms with van der Waals surface area (Å²) in [6.45, 7) is 9.41. The summed E-state index contributed by atoms with van der Waals surface area (Å²) in [5, 5.41) is 0. The van der Waals surface area contributed by atoms with E-state index in [0.717, 1.165) is 12.2 Å². The van der Waals surface area contributed by atoms with Crippen molar-refractivity contribution in [2.75, 3.05) is 52.9 Å². The van der Waals surface area contributed by atoms with Gasteiger partial charge in [0.05, 0.1) is 26.4 Å². The van der Waals surface area contributed by atoms with Crippen molar-refractivity contribution in [2.45, 2.75) is 6.42 Å². The van der Waals surface area contributed by atoms with Crippen LogP contribution in [0.4, 0.5) is 0 Å². The number of rotatable bonds is 17. The summed E-state index contributed by atoms with van der Waals surface area (Å²) in [7, 11) is 0. The molecule has 0 radical (unpaired) electrons. The third kappa shape index (κ3) is 13.0. The topological polar surface area (TPSA) is 89.5 Å². The molecule has 0 aliphatic heterocycles. The molecule has 0 N–H and O–H groups in total. The van der Waals surface area contributed by atoms with E-state index in [-0.39, 0.29) is 6.61 Å². The summed E-state index contributed by atoms with van der Waals surface area (Å²) in [6.07, 6.45) is 2.85. The summed E-state index contributed by atoms with van der Waals surface area (Å²) in [5.41, 5.74) is 0. The summed E-state index contributed by atoms with van der Waals surface area (Å²) >= 11 is 0. The van der Waals surface area contributed by atoms with Crippen LogP contribution in [0.1, 0.15) is 6.42 Å². The molecule has 0 unspecified atom stereocenters. The zero-order valence-electron chi connectivity index (χ0n) is 16.5. The fourth-order valence-corrected chi connectivity index (χ4v) is 1.95. The van der Waals surface area contributed by atoms with Crippen LogP contribution < -0.4 is 9.47 Å². The van der Waals surface area contributed by atoms with Crippen LogP contribution in [0.25, 0.3) is 0 Å². The highest BCUT2D eigenvalue weighted by Gasteiger charge is 2.00. The van der Waals surface area contributed by atoms with Crippen molar-refractivity contribution in [3.05, 3.63) is 49.6 Å². The van der Waals surface area contributed by atoms with E-state index in [1.807, 2.05) is 18.2 Å². The van der Waals surface area contributed by atoms with Crippen molar-refractivity contribution in [3.8, 4) is 11.5 Å². The van der Waals surface area contributed by atoms with Gasteiger partial charge in [-0.3, -0.25) is 0 Å². The number of hydrogen-bond acceptors (Lipinski definition) is 8. The largest absolute Gasteiger partial charge is 0.491 e. The zero-order valence-corrected chi connectivity index (χ0v) is 16.5. The minimum atomic E-state index is -0.471. The molecule has 0 spiro atoms. The third-order valence-electron chi connectivity index (χ3n) is 3.28. The molecule has 160 valence electrons. The van der Waals surface area contributed by atoms with Gasteiger partial charge in [0, 0.05) is 31.2 Å². The molecule has 1 rings (SSSR count). The fraction of sp³-hybridized carbons (Fsp3) is 0.429. The van der Waals surface area contributed by atoms with Gasteiger partial charge in [-0.25, -0.2) is 9.59 Å². The van der Waals surface area contributed by atoms with Crippen molar-refractivity contribution in [1.82, 2.24) is 0 Å². The highest BCUT2D eigenvalue weighted by molar-refractivity contribution is 5.81. The lowest BCUT2D eigenvalue weighted by Crippen LogP contribution is -2.12. The summed E-state index contributed by atoms with van der Waals surface area (Å²) < 4.78 is 31.5. The maximum Gasteiger partial charge on any atom is 0.330 e. The molecule has 8 nitrogen and oxygen atoms in total. The van der Waals surface area contributed by atoms with Gasteiger partial charge < -0.3 is 28.4 Å². The van der Waals surface area contributed by atoms with E-state index in [9.17, 15) is 9.59 Å². The molecule has 8 heteroatoms. The quantitative estimate of drug-likeness (QED) is 0.220. The smallest absolute Gasteiger partial charge is 0.330 e. The van der Waals surface area contributed by atoms with E-state index in [2.05, 4.69) is 13.2 Å². The number of esters is 2. The highest BCUT2D eigenvalue weighted by atomic mass is 16.6. The van der Waals surface area contributed by atoms with Crippen LogP contribution >= 0.6 is 0 Å². The van der Waals surface area contributed by atoms with Crippen molar-refractivity contribution < 1.29 is 38.0 Å². The van der Waals surface area contributed by atoms with Gasteiger partial charge in [-0.05, 0) is 12.1 Å². The Bertz CT molecular complexity index is 629. The van der Waals surface area contributed by atoms with Crippen molar-refractivity contribution >= 4 is 11.9 Å². The normalized spacial score (nSPS) is 10.1. The van der Waals surface area contributed by atoms with Gasteiger partial charge in [0.2, 0.25) is 0 Å². The first-order chi connectivity index (χ1) is 14.2. The number of hydrogen-bond donors (Lipinski definition) is 0. The molecule has 1 aromatic carbocycles. The predicted octanol–water partition coefficient (Wildman–Crippen LogP) is 2.33. The van der Waals surface area contributed by atoms with Gasteiger partial charge >= 0.3 is 11.9 Å². The summed E-state index contributed by atoms with van der Waals surface area (Å²) in [5.74, 6) is 0.425. The Balaban J connectivity index is 2.06. The Kier molecular flexibility index (Phi) is 13.5. The Morgan fingerprint density at radius 3 is 1.83 bits per heavy atom. The number of carbonyl (C=O) groups is 2. The molecule has 0 saturated heterocycles. The second-order valence-electron chi connectivity index (χ2n) is 5.49. The molecule has 1 aromatic rings. The van der Waals surface area contributed by atoms with E-state index in [4.69, 9.17) is 28.4 Å². The number of benzene rings is 1. The maximum absolute atomic E-state index is 10.9. The average Bonchev–Trinajstić information content (AvgIpc) is 2.74. The van der Waals surface area contributed by atoms with Crippen LogP contribution in [0.2, 0.25) is 0 Å². The lowest BCUT2D eigenvalue weighted by molar-refractivity contribution is -0.139. The zero-order chi connectivity index (χ0) is 21.2. The van der Waals surface area contributed by atoms with Gasteiger partial charge in [-0.2, -0.15) is 0 Å². The van der Waals surface area contributed by atoms with Crippen LogP contribution in [0.3, 0.4) is 0 Å². The fourth-order valence-electron chi connectivity index (χ4n) is 1.95. The first-order valence-electron chi connectivity index (χ1n) is 9.25. The molecular weight excluding hydrogens is 380 g/mol. The van der Waals surface area contributed by atoms with Crippen molar-refractivity contribution in [2.24, 2.45) is 0 Å². The first kappa shape index (κ1) is 24.2. The third-order valence-corrected chi connectivity index (χ3v) is 3.28. The van der Waals surface area contributed by atoms with E-state index < -0.39 is 11.9 Å². The van der Waals surface area contributed by atoms with E-state index in [0.29, 0.717) is 64.2 Å². The van der Waals surface area contributed by atoms with Crippen molar-refractivity contribution in [1.29, 1.82) is 0 Å². The molecule has 0 heterocycles.